The maximum absolute atomic E-state index is 11.9. The summed E-state index contributed by atoms with van der Waals surface area (Å²) in [7, 11) is 0. The van der Waals surface area contributed by atoms with E-state index in [0.29, 0.717) is 12.1 Å². The summed E-state index contributed by atoms with van der Waals surface area (Å²) in [5.74, 6) is -0.295. The number of primary amides is 1. The van der Waals surface area contributed by atoms with E-state index in [1.807, 2.05) is 6.33 Å². The predicted molar refractivity (Wildman–Crippen MR) is 77.1 cm³/mol. The van der Waals surface area contributed by atoms with Crippen molar-refractivity contribution < 1.29 is 4.79 Å². The van der Waals surface area contributed by atoms with E-state index in [1.54, 1.807) is 6.20 Å². The summed E-state index contributed by atoms with van der Waals surface area (Å²) in [5, 5.41) is 3.49. The molecule has 1 heterocycles. The molecule has 2 saturated carbocycles. The molecule has 1 aromatic heterocycles. The molecule has 1 unspecified atom stereocenters. The average molecular weight is 276 g/mol. The number of nitrogens with zero attached hydrogens (tertiary/aromatic N) is 2. The molecule has 3 rings (SSSR count). The number of aromatic nitrogens is 2. The Morgan fingerprint density at radius 3 is 2.55 bits per heavy atom. The van der Waals surface area contributed by atoms with Crippen molar-refractivity contribution in [3.05, 3.63) is 18.2 Å². The van der Waals surface area contributed by atoms with Gasteiger partial charge in [-0.05, 0) is 25.7 Å². The molecule has 0 aromatic carbocycles. The third-order valence-electron chi connectivity index (χ3n) is 4.47. The lowest BCUT2D eigenvalue weighted by molar-refractivity contribution is -0.120. The van der Waals surface area contributed by atoms with Crippen LogP contribution in [0.25, 0.3) is 0 Å². The summed E-state index contributed by atoms with van der Waals surface area (Å²) < 4.78 is 2.12. The first kappa shape index (κ1) is 13.6. The van der Waals surface area contributed by atoms with Crippen molar-refractivity contribution in [2.45, 2.75) is 69.5 Å². The zero-order valence-electron chi connectivity index (χ0n) is 11.9. The molecule has 1 amide bonds. The third-order valence-corrected chi connectivity index (χ3v) is 4.47. The summed E-state index contributed by atoms with van der Waals surface area (Å²) in [6, 6.07) is 0.518. The standard InChI is InChI=1S/C15H24N4O/c16-15(20)14(18-11-5-3-1-2-4-6-11)13-9-17-10-19(13)12-7-8-12/h9-12,14,18H,1-8H2,(H2,16,20). The van der Waals surface area contributed by atoms with Gasteiger partial charge in [-0.25, -0.2) is 4.98 Å². The average Bonchev–Trinajstić information content (AvgIpc) is 3.21. The van der Waals surface area contributed by atoms with Crippen LogP contribution < -0.4 is 11.1 Å². The molecule has 5 heteroatoms. The first-order valence-corrected chi connectivity index (χ1v) is 7.83. The fourth-order valence-electron chi connectivity index (χ4n) is 3.19. The van der Waals surface area contributed by atoms with E-state index in [-0.39, 0.29) is 5.91 Å². The molecular weight excluding hydrogens is 252 g/mol. The highest BCUT2D eigenvalue weighted by Gasteiger charge is 2.31. The Bertz CT molecular complexity index is 458. The lowest BCUT2D eigenvalue weighted by atomic mass is 10.1. The molecule has 1 atom stereocenters. The number of nitrogens with one attached hydrogen (secondary N) is 1. The number of hydrogen-bond donors (Lipinski definition) is 2. The summed E-state index contributed by atoms with van der Waals surface area (Å²) in [5.41, 5.74) is 6.57. The monoisotopic (exact) mass is 276 g/mol. The van der Waals surface area contributed by atoms with Gasteiger partial charge in [0.05, 0.1) is 18.2 Å². The highest BCUT2D eigenvalue weighted by Crippen LogP contribution is 2.37. The van der Waals surface area contributed by atoms with Crippen molar-refractivity contribution in [3.63, 3.8) is 0 Å². The smallest absolute Gasteiger partial charge is 0.240 e. The number of nitrogens with two attached hydrogens (primary N) is 1. The predicted octanol–water partition coefficient (Wildman–Crippen LogP) is 2.06. The Labute approximate surface area is 119 Å². The SMILES string of the molecule is NC(=O)C(NC1CCCCCC1)c1cncn1C1CC1. The lowest BCUT2D eigenvalue weighted by Crippen LogP contribution is -2.40. The number of hydrogen-bond acceptors (Lipinski definition) is 3. The van der Waals surface area contributed by atoms with Crippen LogP contribution in [-0.2, 0) is 4.79 Å². The molecule has 0 radical (unpaired) electrons. The number of carbonyl (C=O) groups excluding carboxylic acids is 1. The summed E-state index contributed by atoms with van der Waals surface area (Å²) in [6.45, 7) is 0. The molecule has 20 heavy (non-hydrogen) atoms. The Hall–Kier alpha value is -1.36. The van der Waals surface area contributed by atoms with Crippen LogP contribution in [-0.4, -0.2) is 21.5 Å². The molecule has 5 nitrogen and oxygen atoms in total. The van der Waals surface area contributed by atoms with Gasteiger partial charge in [0.15, 0.2) is 0 Å². The summed E-state index contributed by atoms with van der Waals surface area (Å²) >= 11 is 0. The van der Waals surface area contributed by atoms with Gasteiger partial charge in [0, 0.05) is 12.1 Å². The van der Waals surface area contributed by atoms with Crippen LogP contribution in [0.4, 0.5) is 0 Å². The van der Waals surface area contributed by atoms with Crippen molar-refractivity contribution in [3.8, 4) is 0 Å². The van der Waals surface area contributed by atoms with Crippen molar-refractivity contribution in [2.75, 3.05) is 0 Å². The number of rotatable bonds is 5. The molecule has 3 N–H and O–H groups in total. The third kappa shape index (κ3) is 3.03. The minimum Gasteiger partial charge on any atom is -0.368 e. The van der Waals surface area contributed by atoms with Gasteiger partial charge in [-0.3, -0.25) is 10.1 Å². The van der Waals surface area contributed by atoms with Gasteiger partial charge in [-0.1, -0.05) is 25.7 Å². The Balaban J connectivity index is 1.74. The Morgan fingerprint density at radius 1 is 1.25 bits per heavy atom. The second-order valence-electron chi connectivity index (χ2n) is 6.15. The minimum atomic E-state index is -0.402. The van der Waals surface area contributed by atoms with Gasteiger partial charge in [0.25, 0.3) is 0 Å². The van der Waals surface area contributed by atoms with E-state index < -0.39 is 6.04 Å². The van der Waals surface area contributed by atoms with Crippen molar-refractivity contribution in [1.82, 2.24) is 14.9 Å². The van der Waals surface area contributed by atoms with E-state index in [2.05, 4.69) is 14.9 Å². The molecule has 0 aliphatic heterocycles. The molecule has 1 aromatic rings. The highest BCUT2D eigenvalue weighted by molar-refractivity contribution is 5.81. The zero-order chi connectivity index (χ0) is 13.9. The highest BCUT2D eigenvalue weighted by atomic mass is 16.1. The van der Waals surface area contributed by atoms with Gasteiger partial charge in [-0.2, -0.15) is 0 Å². The van der Waals surface area contributed by atoms with Crippen molar-refractivity contribution in [1.29, 1.82) is 0 Å². The fraction of sp³-hybridized carbons (Fsp3) is 0.733. The molecule has 0 spiro atoms. The molecule has 2 fully saturated rings. The van der Waals surface area contributed by atoms with Crippen molar-refractivity contribution in [2.24, 2.45) is 5.73 Å². The van der Waals surface area contributed by atoms with Gasteiger partial charge in [0.1, 0.15) is 6.04 Å². The molecule has 0 saturated heterocycles. The van der Waals surface area contributed by atoms with Crippen LogP contribution in [0.1, 0.15) is 69.1 Å². The lowest BCUT2D eigenvalue weighted by Gasteiger charge is -2.23. The normalized spacial score (nSPS) is 22.4. The van der Waals surface area contributed by atoms with Gasteiger partial charge in [-0.15, -0.1) is 0 Å². The van der Waals surface area contributed by atoms with Gasteiger partial charge < -0.3 is 10.3 Å². The van der Waals surface area contributed by atoms with E-state index in [0.717, 1.165) is 18.5 Å². The number of amides is 1. The first-order chi connectivity index (χ1) is 9.75. The molecular formula is C15H24N4O. The molecule has 0 bridgehead atoms. The zero-order valence-corrected chi connectivity index (χ0v) is 11.9. The van der Waals surface area contributed by atoms with E-state index in [9.17, 15) is 4.79 Å². The number of carbonyl (C=O) groups is 1. The summed E-state index contributed by atoms with van der Waals surface area (Å²) in [6.07, 6.45) is 13.4. The van der Waals surface area contributed by atoms with Crippen LogP contribution in [0.5, 0.6) is 0 Å². The maximum atomic E-state index is 11.9. The van der Waals surface area contributed by atoms with Crippen LogP contribution in [0.3, 0.4) is 0 Å². The topological polar surface area (TPSA) is 72.9 Å². The van der Waals surface area contributed by atoms with Crippen LogP contribution in [0.2, 0.25) is 0 Å². The van der Waals surface area contributed by atoms with E-state index >= 15 is 0 Å². The fourth-order valence-corrected chi connectivity index (χ4v) is 3.19. The van der Waals surface area contributed by atoms with Crippen LogP contribution in [0.15, 0.2) is 12.5 Å². The first-order valence-electron chi connectivity index (χ1n) is 7.83. The molecule has 110 valence electrons. The van der Waals surface area contributed by atoms with Gasteiger partial charge in [0.2, 0.25) is 5.91 Å². The van der Waals surface area contributed by atoms with E-state index in [4.69, 9.17) is 5.73 Å². The van der Waals surface area contributed by atoms with Crippen molar-refractivity contribution >= 4 is 5.91 Å². The van der Waals surface area contributed by atoms with Crippen LogP contribution in [0, 0.1) is 0 Å². The van der Waals surface area contributed by atoms with Gasteiger partial charge >= 0.3 is 0 Å². The largest absolute Gasteiger partial charge is 0.368 e. The Kier molecular flexibility index (Phi) is 4.05. The number of imidazole rings is 1. The summed E-state index contributed by atoms with van der Waals surface area (Å²) in [4.78, 5) is 16.1. The second-order valence-corrected chi connectivity index (χ2v) is 6.15. The van der Waals surface area contributed by atoms with Crippen LogP contribution >= 0.6 is 0 Å². The second kappa shape index (κ2) is 5.95. The Morgan fingerprint density at radius 2 is 1.95 bits per heavy atom. The minimum absolute atomic E-state index is 0.295. The molecule has 2 aliphatic rings. The molecule has 2 aliphatic carbocycles. The maximum Gasteiger partial charge on any atom is 0.240 e. The quantitative estimate of drug-likeness (QED) is 0.808. The van der Waals surface area contributed by atoms with E-state index in [1.165, 1.54) is 38.5 Å².